The SMILES string of the molecule is O=C(Nc1ccccc1F)[C@H](Cc1ccccc1)NC(=O)N1C[C@@H]2C[C@@H](C1)c1cccc(=O)n1C2. The molecule has 3 heterocycles. The van der Waals surface area contributed by atoms with Gasteiger partial charge in [-0.3, -0.25) is 9.59 Å². The van der Waals surface area contributed by atoms with Crippen LogP contribution < -0.4 is 16.2 Å². The van der Waals surface area contributed by atoms with Gasteiger partial charge in [-0.25, -0.2) is 9.18 Å². The summed E-state index contributed by atoms with van der Waals surface area (Å²) in [6.07, 6.45) is 1.19. The van der Waals surface area contributed by atoms with E-state index in [-0.39, 0.29) is 35.5 Å². The Hall–Kier alpha value is -3.94. The van der Waals surface area contributed by atoms with Gasteiger partial charge in [0.2, 0.25) is 5.91 Å². The molecule has 2 aromatic carbocycles. The topological polar surface area (TPSA) is 83.4 Å². The normalized spacial score (nSPS) is 19.4. The quantitative estimate of drug-likeness (QED) is 0.595. The lowest BCUT2D eigenvalue weighted by molar-refractivity contribution is -0.118. The van der Waals surface area contributed by atoms with E-state index in [1.807, 2.05) is 41.0 Å². The van der Waals surface area contributed by atoms with Crippen LogP contribution in [-0.2, 0) is 17.8 Å². The lowest BCUT2D eigenvalue weighted by Gasteiger charge is -2.43. The smallest absolute Gasteiger partial charge is 0.318 e. The molecule has 1 fully saturated rings. The number of urea groups is 1. The predicted octanol–water partition coefficient (Wildman–Crippen LogP) is 3.37. The Bertz CT molecular complexity index is 1290. The molecular weight excluding hydrogens is 447 g/mol. The minimum atomic E-state index is -0.888. The molecule has 1 aromatic heterocycles. The number of carbonyl (C=O) groups excluding carboxylic acids is 2. The first-order chi connectivity index (χ1) is 17.0. The van der Waals surface area contributed by atoms with Gasteiger partial charge in [0.05, 0.1) is 5.69 Å². The van der Waals surface area contributed by atoms with Crippen molar-refractivity contribution in [3.05, 3.63) is 100 Å². The van der Waals surface area contributed by atoms with E-state index in [4.69, 9.17) is 0 Å². The number of pyridine rings is 1. The number of benzene rings is 2. The van der Waals surface area contributed by atoms with Crippen molar-refractivity contribution in [1.82, 2.24) is 14.8 Å². The van der Waals surface area contributed by atoms with E-state index < -0.39 is 17.8 Å². The van der Waals surface area contributed by atoms with Crippen LogP contribution in [0, 0.1) is 11.7 Å². The molecule has 2 aliphatic rings. The molecule has 5 rings (SSSR count). The van der Waals surface area contributed by atoms with Crippen molar-refractivity contribution in [1.29, 1.82) is 0 Å². The number of likely N-dealkylation sites (tertiary alicyclic amines) is 1. The number of para-hydroxylation sites is 1. The lowest BCUT2D eigenvalue weighted by atomic mass is 9.83. The summed E-state index contributed by atoms with van der Waals surface area (Å²) in [5.74, 6) is -0.779. The van der Waals surface area contributed by atoms with Crippen molar-refractivity contribution in [2.45, 2.75) is 31.3 Å². The number of nitrogens with one attached hydrogen (secondary N) is 2. The molecule has 8 heteroatoms. The highest BCUT2D eigenvalue weighted by molar-refractivity contribution is 5.97. The summed E-state index contributed by atoms with van der Waals surface area (Å²) < 4.78 is 16.0. The van der Waals surface area contributed by atoms with Crippen LogP contribution in [0.5, 0.6) is 0 Å². The Balaban J connectivity index is 1.33. The van der Waals surface area contributed by atoms with Gasteiger partial charge in [0.15, 0.2) is 0 Å². The van der Waals surface area contributed by atoms with Crippen molar-refractivity contribution < 1.29 is 14.0 Å². The molecule has 0 aliphatic carbocycles. The maximum Gasteiger partial charge on any atom is 0.318 e. The highest BCUT2D eigenvalue weighted by Gasteiger charge is 2.37. The zero-order valence-electron chi connectivity index (χ0n) is 19.2. The molecule has 3 amide bonds. The first-order valence-electron chi connectivity index (χ1n) is 11.8. The van der Waals surface area contributed by atoms with Gasteiger partial charge in [-0.15, -0.1) is 0 Å². The second kappa shape index (κ2) is 9.74. The third-order valence-corrected chi connectivity index (χ3v) is 6.80. The highest BCUT2D eigenvalue weighted by atomic mass is 19.1. The summed E-state index contributed by atoms with van der Waals surface area (Å²) in [5, 5.41) is 5.50. The van der Waals surface area contributed by atoms with E-state index in [9.17, 15) is 18.8 Å². The minimum absolute atomic E-state index is 0.0113. The molecule has 180 valence electrons. The van der Waals surface area contributed by atoms with E-state index in [0.717, 1.165) is 17.7 Å². The molecule has 3 atom stereocenters. The average molecular weight is 475 g/mol. The van der Waals surface area contributed by atoms with Gasteiger partial charge in [0.1, 0.15) is 11.9 Å². The molecule has 3 aromatic rings. The van der Waals surface area contributed by atoms with E-state index in [2.05, 4.69) is 10.6 Å². The van der Waals surface area contributed by atoms with Gasteiger partial charge in [-0.05, 0) is 36.1 Å². The number of amides is 3. The fourth-order valence-corrected chi connectivity index (χ4v) is 5.14. The third-order valence-electron chi connectivity index (χ3n) is 6.80. The minimum Gasteiger partial charge on any atom is -0.326 e. The number of nitrogens with zero attached hydrogens (tertiary/aromatic N) is 2. The number of fused-ring (bicyclic) bond motifs is 4. The van der Waals surface area contributed by atoms with Gasteiger partial charge in [-0.2, -0.15) is 0 Å². The number of piperidine rings is 1. The Morgan fingerprint density at radius 1 is 0.943 bits per heavy atom. The number of rotatable bonds is 5. The molecule has 35 heavy (non-hydrogen) atoms. The summed E-state index contributed by atoms with van der Waals surface area (Å²) in [5.41, 5.74) is 1.89. The number of carbonyl (C=O) groups is 2. The Labute approximate surface area is 202 Å². The maximum atomic E-state index is 14.1. The maximum absolute atomic E-state index is 14.1. The summed E-state index contributed by atoms with van der Waals surface area (Å²) in [4.78, 5) is 40.5. The van der Waals surface area contributed by atoms with Gasteiger partial charge < -0.3 is 20.1 Å². The molecular formula is C27H27FN4O3. The van der Waals surface area contributed by atoms with Gasteiger partial charge in [-0.1, -0.05) is 48.5 Å². The van der Waals surface area contributed by atoms with Crippen LogP contribution in [-0.4, -0.2) is 40.5 Å². The number of hydrogen-bond acceptors (Lipinski definition) is 3. The zero-order valence-corrected chi connectivity index (χ0v) is 19.2. The first-order valence-corrected chi connectivity index (χ1v) is 11.8. The molecule has 0 spiro atoms. The van der Waals surface area contributed by atoms with Gasteiger partial charge in [0, 0.05) is 43.7 Å². The summed E-state index contributed by atoms with van der Waals surface area (Å²) in [6.45, 7) is 1.56. The van der Waals surface area contributed by atoms with Crippen molar-refractivity contribution in [2.75, 3.05) is 18.4 Å². The Morgan fingerprint density at radius 3 is 2.51 bits per heavy atom. The molecule has 0 saturated carbocycles. The van der Waals surface area contributed by atoms with E-state index >= 15 is 0 Å². The van der Waals surface area contributed by atoms with Gasteiger partial charge >= 0.3 is 6.03 Å². The summed E-state index contributed by atoms with van der Waals surface area (Å²) >= 11 is 0. The number of anilines is 1. The predicted molar refractivity (Wildman–Crippen MR) is 131 cm³/mol. The standard InChI is InChI=1S/C27H27FN4O3/c28-21-9-4-5-10-22(21)29-26(34)23(14-18-7-2-1-3-8-18)30-27(35)31-15-19-13-20(17-31)24-11-6-12-25(33)32(24)16-19/h1-12,19-20,23H,13-17H2,(H,29,34)(H,30,35)/t19-,20-,23-/m0/s1. The summed E-state index contributed by atoms with van der Waals surface area (Å²) in [6, 6.07) is 19.4. The second-order valence-corrected chi connectivity index (χ2v) is 9.26. The largest absolute Gasteiger partial charge is 0.326 e. The second-order valence-electron chi connectivity index (χ2n) is 9.26. The monoisotopic (exact) mass is 474 g/mol. The molecule has 2 bridgehead atoms. The molecule has 2 aliphatic heterocycles. The van der Waals surface area contributed by atoms with Crippen LogP contribution in [0.1, 0.15) is 23.6 Å². The van der Waals surface area contributed by atoms with Crippen LogP contribution in [0.2, 0.25) is 0 Å². The van der Waals surface area contributed by atoms with Crippen molar-refractivity contribution in [2.24, 2.45) is 5.92 Å². The zero-order chi connectivity index (χ0) is 24.4. The van der Waals surface area contributed by atoms with E-state index in [1.54, 1.807) is 29.2 Å². The van der Waals surface area contributed by atoms with Crippen LogP contribution in [0.25, 0.3) is 0 Å². The van der Waals surface area contributed by atoms with E-state index in [0.29, 0.717) is 19.6 Å². The number of halogens is 1. The first kappa shape index (κ1) is 22.8. The fraction of sp³-hybridized carbons (Fsp3) is 0.296. The molecule has 0 unspecified atom stereocenters. The highest BCUT2D eigenvalue weighted by Crippen LogP contribution is 2.34. The van der Waals surface area contributed by atoms with Crippen LogP contribution in [0.4, 0.5) is 14.9 Å². The molecule has 1 saturated heterocycles. The Kier molecular flexibility index (Phi) is 6.35. The number of aromatic nitrogens is 1. The van der Waals surface area contributed by atoms with Crippen molar-refractivity contribution >= 4 is 17.6 Å². The van der Waals surface area contributed by atoms with Crippen LogP contribution in [0.15, 0.2) is 77.6 Å². The van der Waals surface area contributed by atoms with E-state index in [1.165, 1.54) is 12.1 Å². The van der Waals surface area contributed by atoms with Crippen LogP contribution >= 0.6 is 0 Å². The lowest BCUT2D eigenvalue weighted by Crippen LogP contribution is -2.55. The molecule has 0 radical (unpaired) electrons. The summed E-state index contributed by atoms with van der Waals surface area (Å²) in [7, 11) is 0. The van der Waals surface area contributed by atoms with Crippen LogP contribution in [0.3, 0.4) is 0 Å². The molecule has 7 nitrogen and oxygen atoms in total. The van der Waals surface area contributed by atoms with Gasteiger partial charge in [0.25, 0.3) is 5.56 Å². The van der Waals surface area contributed by atoms with Crippen molar-refractivity contribution in [3.63, 3.8) is 0 Å². The average Bonchev–Trinajstić information content (AvgIpc) is 2.86. The fourth-order valence-electron chi connectivity index (χ4n) is 5.14. The van der Waals surface area contributed by atoms with Crippen molar-refractivity contribution in [3.8, 4) is 0 Å². The number of hydrogen-bond donors (Lipinski definition) is 2. The Morgan fingerprint density at radius 2 is 1.71 bits per heavy atom. The molecule has 2 N–H and O–H groups in total. The third kappa shape index (κ3) is 4.96.